The third kappa shape index (κ3) is 4.67. The summed E-state index contributed by atoms with van der Waals surface area (Å²) in [5.41, 5.74) is 2.05. The lowest BCUT2D eigenvalue weighted by Crippen LogP contribution is -2.16. The van der Waals surface area contributed by atoms with E-state index in [1.165, 1.54) is 24.3 Å². The second kappa shape index (κ2) is 7.82. The normalized spacial score (nSPS) is 12.0. The maximum Gasteiger partial charge on any atom is 0.284 e. The number of hydrogen-bond acceptors (Lipinski definition) is 3. The summed E-state index contributed by atoms with van der Waals surface area (Å²) in [7, 11) is -3.92. The van der Waals surface area contributed by atoms with E-state index in [1.807, 2.05) is 13.0 Å². The van der Waals surface area contributed by atoms with Crippen molar-refractivity contribution >= 4 is 33.1 Å². The number of phenols is 1. The van der Waals surface area contributed by atoms with Crippen LogP contribution < -0.4 is 5.32 Å². The highest BCUT2D eigenvalue weighted by Gasteiger charge is 2.16. The molecule has 3 aromatic carbocycles. The minimum Gasteiger partial charge on any atom is -0.506 e. The predicted octanol–water partition coefficient (Wildman–Crippen LogP) is 4.60. The van der Waals surface area contributed by atoms with Crippen molar-refractivity contribution in [2.75, 3.05) is 5.32 Å². The van der Waals surface area contributed by atoms with Crippen molar-refractivity contribution in [3.8, 4) is 5.75 Å². The van der Waals surface area contributed by atoms with Crippen molar-refractivity contribution in [1.29, 1.82) is 0 Å². The highest BCUT2D eigenvalue weighted by atomic mass is 35.5. The van der Waals surface area contributed by atoms with E-state index < -0.39 is 10.0 Å². The van der Waals surface area contributed by atoms with E-state index in [1.54, 1.807) is 42.5 Å². The van der Waals surface area contributed by atoms with Gasteiger partial charge in [-0.1, -0.05) is 59.6 Å². The molecule has 7 heteroatoms. The molecule has 0 amide bonds. The van der Waals surface area contributed by atoms with Crippen LogP contribution in [0.5, 0.6) is 5.75 Å². The molecule has 0 saturated carbocycles. The molecule has 2 N–H and O–H groups in total. The highest BCUT2D eigenvalue weighted by Crippen LogP contribution is 2.26. The van der Waals surface area contributed by atoms with E-state index in [4.69, 9.17) is 11.6 Å². The Labute approximate surface area is 163 Å². The molecule has 0 saturated heterocycles. The van der Waals surface area contributed by atoms with E-state index in [-0.39, 0.29) is 21.5 Å². The zero-order chi connectivity index (χ0) is 19.4. The molecule has 27 heavy (non-hydrogen) atoms. The van der Waals surface area contributed by atoms with Crippen LogP contribution in [0.25, 0.3) is 0 Å². The van der Waals surface area contributed by atoms with Crippen LogP contribution in [0.4, 0.5) is 5.69 Å². The first kappa shape index (κ1) is 18.9. The van der Waals surface area contributed by atoms with E-state index in [0.29, 0.717) is 11.3 Å². The molecule has 0 atom stereocenters. The van der Waals surface area contributed by atoms with Crippen LogP contribution in [0.15, 0.2) is 82.1 Å². The van der Waals surface area contributed by atoms with Crippen LogP contribution in [-0.4, -0.2) is 19.4 Å². The summed E-state index contributed by atoms with van der Waals surface area (Å²) in [4.78, 5) is 0.104. The predicted molar refractivity (Wildman–Crippen MR) is 108 cm³/mol. The molecule has 0 radical (unpaired) electrons. The average Bonchev–Trinajstić information content (AvgIpc) is 2.65. The zero-order valence-corrected chi connectivity index (χ0v) is 16.0. The third-order valence-corrected chi connectivity index (χ3v) is 5.38. The van der Waals surface area contributed by atoms with E-state index in [9.17, 15) is 13.5 Å². The molecule has 3 rings (SSSR count). The van der Waals surface area contributed by atoms with Crippen molar-refractivity contribution in [2.24, 2.45) is 4.40 Å². The summed E-state index contributed by atoms with van der Waals surface area (Å²) in [6.07, 6.45) is 0. The lowest BCUT2D eigenvalue weighted by molar-refractivity contribution is 0.475. The van der Waals surface area contributed by atoms with Gasteiger partial charge in [-0.15, -0.1) is 4.40 Å². The van der Waals surface area contributed by atoms with Gasteiger partial charge in [-0.25, -0.2) is 0 Å². The fourth-order valence-electron chi connectivity index (χ4n) is 2.35. The number of phenolic OH excluding ortho intramolecular Hbond substituents is 1. The summed E-state index contributed by atoms with van der Waals surface area (Å²) < 4.78 is 29.5. The van der Waals surface area contributed by atoms with Crippen molar-refractivity contribution in [2.45, 2.75) is 11.8 Å². The Morgan fingerprint density at radius 2 is 1.67 bits per heavy atom. The highest BCUT2D eigenvalue weighted by molar-refractivity contribution is 7.90. The van der Waals surface area contributed by atoms with Crippen LogP contribution in [0.2, 0.25) is 5.02 Å². The molecule has 0 aliphatic heterocycles. The Hall–Kier alpha value is -2.83. The molecule has 0 bridgehead atoms. The number of nitrogens with zero attached hydrogens (tertiary/aromatic N) is 1. The maximum atomic E-state index is 12.7. The molecule has 0 aromatic heterocycles. The molecular formula is C20H17ClN2O3S. The molecule has 0 heterocycles. The van der Waals surface area contributed by atoms with E-state index in [0.717, 1.165) is 5.56 Å². The first-order valence-electron chi connectivity index (χ1n) is 8.08. The summed E-state index contributed by atoms with van der Waals surface area (Å²) in [5, 5.41) is 12.7. The minimum absolute atomic E-state index is 0.0623. The minimum atomic E-state index is -3.92. The van der Waals surface area contributed by atoms with Crippen molar-refractivity contribution in [1.82, 2.24) is 0 Å². The number of hydrogen-bond donors (Lipinski definition) is 2. The van der Waals surface area contributed by atoms with E-state index >= 15 is 0 Å². The van der Waals surface area contributed by atoms with Gasteiger partial charge in [0.15, 0.2) is 5.84 Å². The van der Waals surface area contributed by atoms with Crippen molar-refractivity contribution in [3.63, 3.8) is 0 Å². The fourth-order valence-corrected chi connectivity index (χ4v) is 3.51. The van der Waals surface area contributed by atoms with Gasteiger partial charge in [0.1, 0.15) is 5.75 Å². The number of rotatable bonds is 4. The Morgan fingerprint density at radius 1 is 1.00 bits per heavy atom. The second-order valence-corrected chi connectivity index (χ2v) is 7.90. The number of sulfonamides is 1. The number of aromatic hydroxyl groups is 1. The molecule has 0 unspecified atom stereocenters. The van der Waals surface area contributed by atoms with Gasteiger partial charge >= 0.3 is 0 Å². The molecule has 5 nitrogen and oxygen atoms in total. The van der Waals surface area contributed by atoms with Gasteiger partial charge in [-0.3, -0.25) is 0 Å². The van der Waals surface area contributed by atoms with Gasteiger partial charge in [0.05, 0.1) is 9.92 Å². The molecule has 138 valence electrons. The van der Waals surface area contributed by atoms with Crippen LogP contribution in [0, 0.1) is 6.92 Å². The lowest BCUT2D eigenvalue weighted by Gasteiger charge is -2.11. The summed E-state index contributed by atoms with van der Waals surface area (Å²) in [6.45, 7) is 1.88. The molecular weight excluding hydrogens is 384 g/mol. The number of amidine groups is 1. The first-order valence-corrected chi connectivity index (χ1v) is 9.89. The van der Waals surface area contributed by atoms with Gasteiger partial charge in [0.25, 0.3) is 10.0 Å². The SMILES string of the molecule is Cc1ccc(S(=O)(=O)N=C(Nc2ccc(O)c(Cl)c2)c2ccccc2)cc1. The van der Waals surface area contributed by atoms with Crippen LogP contribution >= 0.6 is 11.6 Å². The second-order valence-electron chi connectivity index (χ2n) is 5.89. The third-order valence-electron chi connectivity index (χ3n) is 3.79. The van der Waals surface area contributed by atoms with Gasteiger partial charge < -0.3 is 10.4 Å². The Bertz CT molecular complexity index is 1080. The summed E-state index contributed by atoms with van der Waals surface area (Å²) in [5.74, 6) is 0.0885. The maximum absolute atomic E-state index is 12.7. The average molecular weight is 401 g/mol. The number of aryl methyl sites for hydroxylation is 1. The van der Waals surface area contributed by atoms with E-state index in [2.05, 4.69) is 9.71 Å². The van der Waals surface area contributed by atoms with Gasteiger partial charge in [-0.05, 0) is 37.3 Å². The molecule has 3 aromatic rings. The van der Waals surface area contributed by atoms with Crippen LogP contribution in [0.1, 0.15) is 11.1 Å². The van der Waals surface area contributed by atoms with Gasteiger partial charge in [0.2, 0.25) is 0 Å². The van der Waals surface area contributed by atoms with Gasteiger partial charge in [-0.2, -0.15) is 8.42 Å². The summed E-state index contributed by atoms with van der Waals surface area (Å²) in [6, 6.07) is 19.9. The summed E-state index contributed by atoms with van der Waals surface area (Å²) >= 11 is 5.94. The van der Waals surface area contributed by atoms with Crippen LogP contribution in [-0.2, 0) is 10.0 Å². The largest absolute Gasteiger partial charge is 0.506 e. The topological polar surface area (TPSA) is 78.8 Å². The van der Waals surface area contributed by atoms with Crippen LogP contribution in [0.3, 0.4) is 0 Å². The molecule has 0 spiro atoms. The Balaban J connectivity index is 2.05. The lowest BCUT2D eigenvalue weighted by atomic mass is 10.2. The number of nitrogens with one attached hydrogen (secondary N) is 1. The van der Waals surface area contributed by atoms with Crippen molar-refractivity contribution < 1.29 is 13.5 Å². The van der Waals surface area contributed by atoms with Crippen molar-refractivity contribution in [3.05, 3.63) is 88.9 Å². The standard InChI is InChI=1S/C20H17ClN2O3S/c1-14-7-10-17(11-8-14)27(25,26)23-20(15-5-3-2-4-6-15)22-16-9-12-19(24)18(21)13-16/h2-13,24H,1H3,(H,22,23). The molecule has 0 fully saturated rings. The van der Waals surface area contributed by atoms with Gasteiger partial charge in [0, 0.05) is 11.3 Å². The quantitative estimate of drug-likeness (QED) is 0.381. The zero-order valence-electron chi connectivity index (χ0n) is 14.4. The first-order chi connectivity index (χ1) is 12.8. The molecule has 0 aliphatic rings. The monoisotopic (exact) mass is 400 g/mol. The number of benzene rings is 3. The fraction of sp³-hybridized carbons (Fsp3) is 0.0500. The molecule has 0 aliphatic carbocycles. The Kier molecular flexibility index (Phi) is 5.48. The number of anilines is 1. The Morgan fingerprint density at radius 3 is 2.30 bits per heavy atom. The number of halogens is 1. The smallest absolute Gasteiger partial charge is 0.284 e.